The van der Waals surface area contributed by atoms with Crippen LogP contribution in [0, 0.1) is 20.2 Å². The summed E-state index contributed by atoms with van der Waals surface area (Å²) >= 11 is 5.59. The lowest BCUT2D eigenvalue weighted by Crippen LogP contribution is -1.97. The fraction of sp³-hybridized carbons (Fsp3) is 0.143. The van der Waals surface area contributed by atoms with Crippen LogP contribution in [0.25, 0.3) is 0 Å². The van der Waals surface area contributed by atoms with Gasteiger partial charge in [-0.25, -0.2) is 0 Å². The first-order valence-corrected chi connectivity index (χ1v) is 4.01. The highest BCUT2D eigenvalue weighted by atomic mass is 35.5. The van der Waals surface area contributed by atoms with Crippen LogP contribution < -0.4 is 4.74 Å². The number of nitro benzene ring substituents is 2. The summed E-state index contributed by atoms with van der Waals surface area (Å²) in [6.07, 6.45) is 0. The van der Waals surface area contributed by atoms with E-state index in [1.165, 1.54) is 7.11 Å². The molecule has 0 unspecified atom stereocenters. The average molecular weight is 233 g/mol. The van der Waals surface area contributed by atoms with Gasteiger partial charge in [-0.15, -0.1) is 0 Å². The molecule has 0 aliphatic heterocycles. The molecule has 0 saturated carbocycles. The van der Waals surface area contributed by atoms with Gasteiger partial charge < -0.3 is 4.74 Å². The Morgan fingerprint density at radius 1 is 1.27 bits per heavy atom. The number of ether oxygens (including phenoxy) is 1. The molecule has 80 valence electrons. The Morgan fingerprint density at radius 3 is 2.27 bits per heavy atom. The minimum atomic E-state index is -0.794. The van der Waals surface area contributed by atoms with Crippen molar-refractivity contribution < 1.29 is 14.6 Å². The molecule has 0 aliphatic rings. The molecule has 0 heterocycles. The Hall–Kier alpha value is -1.89. The van der Waals surface area contributed by atoms with Crippen LogP contribution in [0.4, 0.5) is 11.4 Å². The molecule has 1 rings (SSSR count). The van der Waals surface area contributed by atoms with Gasteiger partial charge in [0.25, 0.3) is 5.69 Å². The maximum absolute atomic E-state index is 10.6. The topological polar surface area (TPSA) is 95.5 Å². The zero-order chi connectivity index (χ0) is 11.6. The number of rotatable bonds is 3. The number of halogens is 1. The van der Waals surface area contributed by atoms with Crippen LogP contribution in [0.5, 0.6) is 5.75 Å². The largest absolute Gasteiger partial charge is 0.489 e. The van der Waals surface area contributed by atoms with Gasteiger partial charge in [-0.3, -0.25) is 20.2 Å². The molecule has 0 atom stereocenters. The van der Waals surface area contributed by atoms with Crippen LogP contribution in [0.15, 0.2) is 12.1 Å². The summed E-state index contributed by atoms with van der Waals surface area (Å²) < 4.78 is 4.68. The van der Waals surface area contributed by atoms with Crippen LogP contribution >= 0.6 is 11.6 Å². The van der Waals surface area contributed by atoms with Gasteiger partial charge >= 0.3 is 5.69 Å². The normalized spacial score (nSPS) is 9.73. The molecule has 8 heteroatoms. The summed E-state index contributed by atoms with van der Waals surface area (Å²) in [5.74, 6) is -0.188. The summed E-state index contributed by atoms with van der Waals surface area (Å²) in [6, 6.07) is 1.79. The van der Waals surface area contributed by atoms with E-state index >= 15 is 0 Å². The summed E-state index contributed by atoms with van der Waals surface area (Å²) in [6.45, 7) is 0. The van der Waals surface area contributed by atoms with E-state index in [1.54, 1.807) is 0 Å². The predicted octanol–water partition coefficient (Wildman–Crippen LogP) is 2.17. The highest BCUT2D eigenvalue weighted by molar-refractivity contribution is 6.32. The van der Waals surface area contributed by atoms with Crippen molar-refractivity contribution in [1.29, 1.82) is 0 Å². The molecule has 1 aromatic rings. The summed E-state index contributed by atoms with van der Waals surface area (Å²) in [4.78, 5) is 19.4. The van der Waals surface area contributed by atoms with Gasteiger partial charge in [0.05, 0.1) is 28.0 Å². The summed E-state index contributed by atoms with van der Waals surface area (Å²) in [7, 11) is 1.19. The lowest BCUT2D eigenvalue weighted by atomic mass is 10.2. The highest BCUT2D eigenvalue weighted by Crippen LogP contribution is 2.38. The maximum atomic E-state index is 10.6. The van der Waals surface area contributed by atoms with Crippen LogP contribution in [0.3, 0.4) is 0 Å². The van der Waals surface area contributed by atoms with E-state index < -0.39 is 21.2 Å². The minimum absolute atomic E-state index is 0.168. The van der Waals surface area contributed by atoms with Crippen LogP contribution in [-0.4, -0.2) is 17.0 Å². The van der Waals surface area contributed by atoms with Crippen molar-refractivity contribution in [2.45, 2.75) is 0 Å². The first kappa shape index (κ1) is 11.2. The van der Waals surface area contributed by atoms with E-state index in [4.69, 9.17) is 11.6 Å². The maximum Gasteiger partial charge on any atom is 0.319 e. The van der Waals surface area contributed by atoms with Gasteiger partial charge in [-0.1, -0.05) is 11.6 Å². The van der Waals surface area contributed by atoms with Crippen molar-refractivity contribution in [1.82, 2.24) is 0 Å². The molecule has 0 radical (unpaired) electrons. The lowest BCUT2D eigenvalue weighted by Gasteiger charge is -2.03. The highest BCUT2D eigenvalue weighted by Gasteiger charge is 2.23. The SMILES string of the molecule is COc1c(Cl)cc([N+](=O)[O-])cc1[N+](=O)[O-]. The second-order valence-electron chi connectivity index (χ2n) is 2.49. The predicted molar refractivity (Wildman–Crippen MR) is 51.3 cm³/mol. The van der Waals surface area contributed by atoms with E-state index in [2.05, 4.69) is 4.74 Å². The van der Waals surface area contributed by atoms with E-state index in [9.17, 15) is 20.2 Å². The number of nitrogens with zero attached hydrogens (tertiary/aromatic N) is 2. The molecule has 0 aromatic heterocycles. The molecular formula is C7H5ClN2O5. The number of non-ortho nitro benzene ring substituents is 1. The molecule has 1 aromatic carbocycles. The summed E-state index contributed by atoms with van der Waals surface area (Å²) in [5.41, 5.74) is -0.982. The number of hydrogen-bond acceptors (Lipinski definition) is 5. The molecule has 0 bridgehead atoms. The Kier molecular flexibility index (Phi) is 3.05. The van der Waals surface area contributed by atoms with E-state index in [-0.39, 0.29) is 10.8 Å². The Balaban J connectivity index is 3.45. The number of benzene rings is 1. The van der Waals surface area contributed by atoms with Gasteiger partial charge in [0.2, 0.25) is 5.75 Å². The molecular weight excluding hydrogens is 228 g/mol. The lowest BCUT2D eigenvalue weighted by molar-refractivity contribution is -0.394. The van der Waals surface area contributed by atoms with Crippen molar-refractivity contribution in [2.24, 2.45) is 0 Å². The second-order valence-corrected chi connectivity index (χ2v) is 2.90. The van der Waals surface area contributed by atoms with Crippen LogP contribution in [-0.2, 0) is 0 Å². The van der Waals surface area contributed by atoms with Gasteiger partial charge in [-0.2, -0.15) is 0 Å². The Labute approximate surface area is 88.5 Å². The Bertz CT molecular complexity index is 434. The van der Waals surface area contributed by atoms with Crippen molar-refractivity contribution in [3.8, 4) is 5.75 Å². The molecule has 0 aliphatic carbocycles. The third-order valence-corrected chi connectivity index (χ3v) is 1.90. The number of hydrogen-bond donors (Lipinski definition) is 0. The van der Waals surface area contributed by atoms with Crippen molar-refractivity contribution in [3.63, 3.8) is 0 Å². The monoisotopic (exact) mass is 232 g/mol. The van der Waals surface area contributed by atoms with Crippen LogP contribution in [0.2, 0.25) is 5.02 Å². The molecule has 0 spiro atoms. The zero-order valence-corrected chi connectivity index (χ0v) is 8.22. The van der Waals surface area contributed by atoms with Gasteiger partial charge in [0.1, 0.15) is 0 Å². The standard InChI is InChI=1S/C7H5ClN2O5/c1-15-7-5(8)2-4(9(11)12)3-6(7)10(13)14/h2-3H,1H3. The minimum Gasteiger partial charge on any atom is -0.489 e. The number of methoxy groups -OCH3 is 1. The van der Waals surface area contributed by atoms with Gasteiger partial charge in [-0.05, 0) is 0 Å². The summed E-state index contributed by atoms with van der Waals surface area (Å²) in [5, 5.41) is 20.8. The van der Waals surface area contributed by atoms with Crippen LogP contribution in [0.1, 0.15) is 0 Å². The van der Waals surface area contributed by atoms with E-state index in [1.807, 2.05) is 0 Å². The fourth-order valence-corrected chi connectivity index (χ4v) is 1.29. The van der Waals surface area contributed by atoms with Gasteiger partial charge in [0, 0.05) is 6.07 Å². The number of nitro groups is 2. The van der Waals surface area contributed by atoms with Crippen molar-refractivity contribution in [2.75, 3.05) is 7.11 Å². The first-order chi connectivity index (χ1) is 6.97. The third kappa shape index (κ3) is 2.13. The van der Waals surface area contributed by atoms with Crippen molar-refractivity contribution >= 4 is 23.0 Å². The molecule has 0 N–H and O–H groups in total. The molecule has 15 heavy (non-hydrogen) atoms. The fourth-order valence-electron chi connectivity index (χ4n) is 1.01. The van der Waals surface area contributed by atoms with E-state index in [0.29, 0.717) is 0 Å². The molecule has 0 fully saturated rings. The third-order valence-electron chi connectivity index (χ3n) is 1.62. The van der Waals surface area contributed by atoms with E-state index in [0.717, 1.165) is 12.1 Å². The zero-order valence-electron chi connectivity index (χ0n) is 7.47. The Morgan fingerprint density at radius 2 is 1.87 bits per heavy atom. The first-order valence-electron chi connectivity index (χ1n) is 3.63. The molecule has 0 saturated heterocycles. The molecule has 0 amide bonds. The van der Waals surface area contributed by atoms with Crippen molar-refractivity contribution in [3.05, 3.63) is 37.4 Å². The smallest absolute Gasteiger partial charge is 0.319 e. The second kappa shape index (κ2) is 4.09. The van der Waals surface area contributed by atoms with Gasteiger partial charge in [0.15, 0.2) is 0 Å². The molecule has 7 nitrogen and oxygen atoms in total. The average Bonchev–Trinajstić information content (AvgIpc) is 2.16. The quantitative estimate of drug-likeness (QED) is 0.588.